The van der Waals surface area contributed by atoms with Gasteiger partial charge >= 0.3 is 6.09 Å². The van der Waals surface area contributed by atoms with Crippen molar-refractivity contribution in [2.24, 2.45) is 5.92 Å². The van der Waals surface area contributed by atoms with Gasteiger partial charge in [-0.3, -0.25) is 10.1 Å². The monoisotopic (exact) mass is 352 g/mol. The van der Waals surface area contributed by atoms with E-state index in [1.807, 2.05) is 60.4 Å². The average Bonchev–Trinajstić information content (AvgIpc) is 2.66. The third-order valence-corrected chi connectivity index (χ3v) is 4.63. The Morgan fingerprint density at radius 1 is 1.15 bits per heavy atom. The Bertz CT molecular complexity index is 733. The number of hydrogen-bond donors (Lipinski definition) is 1. The molecule has 1 saturated heterocycles. The zero-order valence-corrected chi connectivity index (χ0v) is 14.9. The van der Waals surface area contributed by atoms with Crippen LogP contribution in [-0.2, 0) is 9.53 Å². The van der Waals surface area contributed by atoms with E-state index in [0.29, 0.717) is 18.8 Å². The van der Waals surface area contributed by atoms with Crippen LogP contribution >= 0.6 is 0 Å². The van der Waals surface area contributed by atoms with Crippen molar-refractivity contribution in [1.82, 2.24) is 4.90 Å². The van der Waals surface area contributed by atoms with Crippen molar-refractivity contribution in [1.29, 1.82) is 0 Å². The van der Waals surface area contributed by atoms with Crippen LogP contribution in [0.5, 0.6) is 0 Å². The Hall–Kier alpha value is -2.82. The highest BCUT2D eigenvalue weighted by Crippen LogP contribution is 2.24. The first-order chi connectivity index (χ1) is 12.6. The van der Waals surface area contributed by atoms with E-state index in [0.717, 1.165) is 18.4 Å². The first kappa shape index (κ1) is 18.0. The lowest BCUT2D eigenvalue weighted by Crippen LogP contribution is -2.43. The largest absolute Gasteiger partial charge is 0.439 e. The standard InChI is InChI=1S/C21H24N2O3/c1-16-9-8-14-23(20(16)24)15-19(17-10-4-2-5-11-17)26-21(25)22-18-12-6-3-7-13-18/h2-7,10-13,16,19H,8-9,14-15H2,1H3,(H,22,25). The topological polar surface area (TPSA) is 58.6 Å². The number of likely N-dealkylation sites (tertiary alicyclic amines) is 1. The summed E-state index contributed by atoms with van der Waals surface area (Å²) in [6.07, 6.45) is 0.863. The number of rotatable bonds is 5. The van der Waals surface area contributed by atoms with Crippen LogP contribution in [0.2, 0.25) is 0 Å². The molecular formula is C21H24N2O3. The molecule has 0 spiro atoms. The summed E-state index contributed by atoms with van der Waals surface area (Å²) >= 11 is 0. The summed E-state index contributed by atoms with van der Waals surface area (Å²) in [4.78, 5) is 26.6. The van der Waals surface area contributed by atoms with Gasteiger partial charge in [-0.1, -0.05) is 55.5 Å². The van der Waals surface area contributed by atoms with Gasteiger partial charge in [-0.25, -0.2) is 4.79 Å². The number of piperidine rings is 1. The summed E-state index contributed by atoms with van der Waals surface area (Å²) in [6, 6.07) is 18.7. The van der Waals surface area contributed by atoms with Crippen molar-refractivity contribution in [2.45, 2.75) is 25.9 Å². The summed E-state index contributed by atoms with van der Waals surface area (Å²) in [5.41, 5.74) is 1.55. The number of benzene rings is 2. The van der Waals surface area contributed by atoms with Gasteiger partial charge in [0.25, 0.3) is 0 Å². The first-order valence-corrected chi connectivity index (χ1v) is 9.00. The van der Waals surface area contributed by atoms with E-state index >= 15 is 0 Å². The molecule has 0 aromatic heterocycles. The Kier molecular flexibility index (Phi) is 5.89. The smallest absolute Gasteiger partial charge is 0.412 e. The third-order valence-electron chi connectivity index (χ3n) is 4.63. The van der Waals surface area contributed by atoms with Gasteiger partial charge in [0.2, 0.25) is 5.91 Å². The van der Waals surface area contributed by atoms with Gasteiger partial charge in [-0.15, -0.1) is 0 Å². The molecule has 2 amide bonds. The Morgan fingerprint density at radius 2 is 1.81 bits per heavy atom. The van der Waals surface area contributed by atoms with Crippen molar-refractivity contribution < 1.29 is 14.3 Å². The van der Waals surface area contributed by atoms with E-state index in [4.69, 9.17) is 4.74 Å². The van der Waals surface area contributed by atoms with Gasteiger partial charge in [0.1, 0.15) is 6.10 Å². The molecule has 1 heterocycles. The summed E-state index contributed by atoms with van der Waals surface area (Å²) in [6.45, 7) is 3.03. The predicted octanol–water partition coefficient (Wildman–Crippen LogP) is 4.23. The molecule has 5 heteroatoms. The highest BCUT2D eigenvalue weighted by molar-refractivity contribution is 5.84. The number of carbonyl (C=O) groups excluding carboxylic acids is 2. The summed E-state index contributed by atoms with van der Waals surface area (Å²) in [5, 5.41) is 2.73. The molecule has 0 radical (unpaired) electrons. The molecule has 1 aliphatic heterocycles. The second-order valence-electron chi connectivity index (χ2n) is 6.62. The molecule has 136 valence electrons. The van der Waals surface area contributed by atoms with Gasteiger partial charge in [0.15, 0.2) is 0 Å². The molecule has 1 fully saturated rings. The van der Waals surface area contributed by atoms with Crippen LogP contribution in [0.3, 0.4) is 0 Å². The van der Waals surface area contributed by atoms with Gasteiger partial charge in [0.05, 0.1) is 6.54 Å². The molecule has 0 saturated carbocycles. The van der Waals surface area contributed by atoms with E-state index in [-0.39, 0.29) is 11.8 Å². The van der Waals surface area contributed by atoms with Crippen LogP contribution in [-0.4, -0.2) is 30.0 Å². The fourth-order valence-corrected chi connectivity index (χ4v) is 3.19. The van der Waals surface area contributed by atoms with Gasteiger partial charge in [0, 0.05) is 18.2 Å². The lowest BCUT2D eigenvalue weighted by atomic mass is 9.98. The second kappa shape index (κ2) is 8.52. The Balaban J connectivity index is 1.71. The number of nitrogens with zero attached hydrogens (tertiary/aromatic N) is 1. The van der Waals surface area contributed by atoms with Crippen LogP contribution < -0.4 is 5.32 Å². The van der Waals surface area contributed by atoms with Crippen LogP contribution in [0.4, 0.5) is 10.5 Å². The predicted molar refractivity (Wildman–Crippen MR) is 101 cm³/mol. The van der Waals surface area contributed by atoms with E-state index < -0.39 is 12.2 Å². The average molecular weight is 352 g/mol. The Morgan fingerprint density at radius 3 is 2.50 bits per heavy atom. The van der Waals surface area contributed by atoms with Crippen molar-refractivity contribution >= 4 is 17.7 Å². The molecule has 5 nitrogen and oxygen atoms in total. The lowest BCUT2D eigenvalue weighted by molar-refractivity contribution is -0.139. The minimum Gasteiger partial charge on any atom is -0.439 e. The Labute approximate surface area is 154 Å². The van der Waals surface area contributed by atoms with Crippen molar-refractivity contribution in [2.75, 3.05) is 18.4 Å². The fourth-order valence-electron chi connectivity index (χ4n) is 3.19. The fraction of sp³-hybridized carbons (Fsp3) is 0.333. The molecule has 2 aromatic carbocycles. The summed E-state index contributed by atoms with van der Waals surface area (Å²) in [5.74, 6) is 0.155. The number of anilines is 1. The number of hydrogen-bond acceptors (Lipinski definition) is 3. The van der Waals surface area contributed by atoms with Crippen LogP contribution in [0.25, 0.3) is 0 Å². The molecular weight excluding hydrogens is 328 g/mol. The molecule has 1 aliphatic rings. The van der Waals surface area contributed by atoms with E-state index in [1.54, 1.807) is 12.1 Å². The molecule has 0 bridgehead atoms. The zero-order chi connectivity index (χ0) is 18.4. The van der Waals surface area contributed by atoms with E-state index in [2.05, 4.69) is 5.32 Å². The van der Waals surface area contributed by atoms with Gasteiger partial charge in [-0.2, -0.15) is 0 Å². The maximum atomic E-state index is 12.4. The maximum Gasteiger partial charge on any atom is 0.412 e. The minimum atomic E-state index is -0.525. The van der Waals surface area contributed by atoms with Crippen LogP contribution in [0.1, 0.15) is 31.4 Å². The number of amides is 2. The van der Waals surface area contributed by atoms with Crippen molar-refractivity contribution in [3.8, 4) is 0 Å². The zero-order valence-electron chi connectivity index (χ0n) is 14.9. The quantitative estimate of drug-likeness (QED) is 0.876. The normalized spacial score (nSPS) is 18.3. The van der Waals surface area contributed by atoms with Crippen molar-refractivity contribution in [3.63, 3.8) is 0 Å². The molecule has 26 heavy (non-hydrogen) atoms. The number of nitrogens with one attached hydrogen (secondary N) is 1. The van der Waals surface area contributed by atoms with Crippen LogP contribution in [0, 0.1) is 5.92 Å². The minimum absolute atomic E-state index is 0.0262. The molecule has 2 atom stereocenters. The van der Waals surface area contributed by atoms with Crippen LogP contribution in [0.15, 0.2) is 60.7 Å². The third kappa shape index (κ3) is 4.63. The second-order valence-corrected chi connectivity index (χ2v) is 6.62. The molecule has 3 rings (SSSR count). The highest BCUT2D eigenvalue weighted by atomic mass is 16.6. The number of ether oxygens (including phenoxy) is 1. The molecule has 2 aromatic rings. The summed E-state index contributed by atoms with van der Waals surface area (Å²) < 4.78 is 5.68. The molecule has 1 N–H and O–H groups in total. The maximum absolute atomic E-state index is 12.4. The molecule has 0 aliphatic carbocycles. The molecule has 2 unspecified atom stereocenters. The highest BCUT2D eigenvalue weighted by Gasteiger charge is 2.29. The van der Waals surface area contributed by atoms with Crippen molar-refractivity contribution in [3.05, 3.63) is 66.2 Å². The lowest BCUT2D eigenvalue weighted by Gasteiger charge is -2.33. The van der Waals surface area contributed by atoms with Gasteiger partial charge < -0.3 is 9.64 Å². The number of para-hydroxylation sites is 1. The van der Waals surface area contributed by atoms with E-state index in [9.17, 15) is 9.59 Å². The SMILES string of the molecule is CC1CCCN(CC(OC(=O)Nc2ccccc2)c2ccccc2)C1=O. The first-order valence-electron chi connectivity index (χ1n) is 9.00. The van der Waals surface area contributed by atoms with E-state index in [1.165, 1.54) is 0 Å². The van der Waals surface area contributed by atoms with Gasteiger partial charge in [-0.05, 0) is 30.5 Å². The summed E-state index contributed by atoms with van der Waals surface area (Å²) in [7, 11) is 0. The number of carbonyl (C=O) groups is 2.